The lowest BCUT2D eigenvalue weighted by Gasteiger charge is -2.21. The highest BCUT2D eigenvalue weighted by Gasteiger charge is 2.30. The van der Waals surface area contributed by atoms with E-state index in [1.165, 1.54) is 218 Å². The summed E-state index contributed by atoms with van der Waals surface area (Å²) in [6.07, 6.45) is 56.9. The maximum atomic E-state index is 13.1. The number of esters is 4. The van der Waals surface area contributed by atoms with E-state index >= 15 is 0 Å². The zero-order chi connectivity index (χ0) is 73.8. The molecular weight excluding hydrogens is 1310 g/mol. The van der Waals surface area contributed by atoms with E-state index in [2.05, 4.69) is 55.4 Å². The molecule has 0 aromatic rings. The summed E-state index contributed by atoms with van der Waals surface area (Å²) in [7, 11) is -9.92. The molecule has 0 amide bonds. The molecule has 4 unspecified atom stereocenters. The Morgan fingerprint density at radius 1 is 0.280 bits per heavy atom. The van der Waals surface area contributed by atoms with Gasteiger partial charge in [0.05, 0.1) is 26.4 Å². The fourth-order valence-corrected chi connectivity index (χ4v) is 14.0. The average molecular weight is 1470 g/mol. The second kappa shape index (κ2) is 70.1. The minimum Gasteiger partial charge on any atom is -0.462 e. The fourth-order valence-electron chi connectivity index (χ4n) is 12.4. The topological polar surface area (TPSA) is 237 Å². The molecule has 6 atom stereocenters. The molecule has 0 bridgehead atoms. The number of ether oxygens (including phenoxy) is 4. The average Bonchev–Trinajstić information content (AvgIpc) is 0.928. The summed E-state index contributed by atoms with van der Waals surface area (Å²) in [5, 5.41) is 10.6. The Labute approximate surface area is 613 Å². The highest BCUT2D eigenvalue weighted by Crippen LogP contribution is 2.45. The largest absolute Gasteiger partial charge is 0.472 e. The summed E-state index contributed by atoms with van der Waals surface area (Å²) in [6, 6.07) is 0. The van der Waals surface area contributed by atoms with Gasteiger partial charge in [0.25, 0.3) is 0 Å². The number of aliphatic hydroxyl groups is 1. The number of phosphoric ester groups is 2. The van der Waals surface area contributed by atoms with Crippen LogP contribution in [-0.2, 0) is 65.4 Å². The van der Waals surface area contributed by atoms with Gasteiger partial charge in [-0.15, -0.1) is 0 Å². The molecule has 0 aromatic carbocycles. The van der Waals surface area contributed by atoms with Crippen LogP contribution < -0.4 is 0 Å². The molecule has 3 N–H and O–H groups in total. The Kier molecular flexibility index (Phi) is 68.7. The smallest absolute Gasteiger partial charge is 0.462 e. The van der Waals surface area contributed by atoms with Crippen LogP contribution in [0.2, 0.25) is 0 Å². The molecule has 0 aliphatic carbocycles. The van der Waals surface area contributed by atoms with Gasteiger partial charge in [0.1, 0.15) is 19.3 Å². The second-order valence-electron chi connectivity index (χ2n) is 30.8. The Morgan fingerprint density at radius 2 is 0.480 bits per heavy atom. The van der Waals surface area contributed by atoms with Gasteiger partial charge in [0, 0.05) is 25.7 Å². The van der Waals surface area contributed by atoms with E-state index in [0.29, 0.717) is 25.7 Å². The molecule has 0 aliphatic heterocycles. The summed E-state index contributed by atoms with van der Waals surface area (Å²) in [6.45, 7) is 14.3. The number of rotatable bonds is 78. The van der Waals surface area contributed by atoms with Gasteiger partial charge >= 0.3 is 39.5 Å². The molecule has 0 aliphatic rings. The predicted octanol–water partition coefficient (Wildman–Crippen LogP) is 24.0. The van der Waals surface area contributed by atoms with Crippen LogP contribution in [0.5, 0.6) is 0 Å². The van der Waals surface area contributed by atoms with E-state index in [0.717, 1.165) is 114 Å². The Hall–Kier alpha value is -1.94. The molecule has 100 heavy (non-hydrogen) atoms. The first-order valence-electron chi connectivity index (χ1n) is 41.7. The summed E-state index contributed by atoms with van der Waals surface area (Å²) in [5.74, 6) is 0.991. The lowest BCUT2D eigenvalue weighted by Crippen LogP contribution is -2.30. The van der Waals surface area contributed by atoms with Crippen molar-refractivity contribution >= 4 is 39.5 Å². The van der Waals surface area contributed by atoms with Crippen LogP contribution in [0.1, 0.15) is 415 Å². The van der Waals surface area contributed by atoms with Gasteiger partial charge in [0.15, 0.2) is 12.2 Å². The Morgan fingerprint density at radius 3 is 0.710 bits per heavy atom. The normalized spacial score (nSPS) is 14.3. The van der Waals surface area contributed by atoms with Crippen molar-refractivity contribution in [2.24, 2.45) is 23.7 Å². The highest BCUT2D eigenvalue weighted by atomic mass is 31.2. The minimum atomic E-state index is -4.96. The molecule has 594 valence electrons. The first-order valence-corrected chi connectivity index (χ1v) is 44.7. The Bertz CT molecular complexity index is 1960. The number of carbonyl (C=O) groups excluding carboxylic acids is 4. The van der Waals surface area contributed by atoms with Crippen molar-refractivity contribution in [1.82, 2.24) is 0 Å². The van der Waals surface area contributed by atoms with E-state index in [1.807, 2.05) is 0 Å². The van der Waals surface area contributed by atoms with Crippen LogP contribution in [0.3, 0.4) is 0 Å². The first-order chi connectivity index (χ1) is 48.1. The third kappa shape index (κ3) is 73.0. The number of phosphoric acid groups is 2. The Balaban J connectivity index is 5.23. The molecular formula is C81H158O17P2. The summed E-state index contributed by atoms with van der Waals surface area (Å²) in [4.78, 5) is 73.0. The summed E-state index contributed by atoms with van der Waals surface area (Å²) < 4.78 is 68.7. The van der Waals surface area contributed by atoms with Gasteiger partial charge in [-0.2, -0.15) is 0 Å². The summed E-state index contributed by atoms with van der Waals surface area (Å²) in [5.41, 5.74) is 0. The van der Waals surface area contributed by atoms with Crippen LogP contribution >= 0.6 is 15.6 Å². The standard InChI is InChI=1S/C81H158O17P2/c1-9-74(8)60-52-44-36-30-32-40-48-56-64-81(86)98-77(68-92-79(84)62-54-46-38-31-29-35-43-51-59-73(6)7)70-96-100(89,90)94-66-75(82)65-93-99(87,88)95-69-76(67-91-78(83)61-53-45-37-27-23-20-16-18-22-26-34-42-50-58-72(4)5)97-80(85)63-55-47-39-28-24-19-15-13-11-10-12-14-17-21-25-33-41-49-57-71(2)3/h71-77,82H,9-70H2,1-8H3,(H,87,88)(H,89,90)/t74?,75?,76-,77-/m1/s1. The van der Waals surface area contributed by atoms with Crippen molar-refractivity contribution in [1.29, 1.82) is 0 Å². The van der Waals surface area contributed by atoms with E-state index in [1.54, 1.807) is 0 Å². The lowest BCUT2D eigenvalue weighted by atomic mass is 9.99. The fraction of sp³-hybridized carbons (Fsp3) is 0.951. The van der Waals surface area contributed by atoms with Crippen molar-refractivity contribution in [2.45, 2.75) is 433 Å². The number of unbranched alkanes of at least 4 members (excludes halogenated alkanes) is 43. The minimum absolute atomic E-state index is 0.104. The van der Waals surface area contributed by atoms with Crippen LogP contribution in [0.4, 0.5) is 0 Å². The molecule has 0 aromatic heterocycles. The quantitative estimate of drug-likeness (QED) is 0.0222. The monoisotopic (exact) mass is 1470 g/mol. The highest BCUT2D eigenvalue weighted by molar-refractivity contribution is 7.47. The van der Waals surface area contributed by atoms with Gasteiger partial charge in [-0.25, -0.2) is 9.13 Å². The van der Waals surface area contributed by atoms with Gasteiger partial charge in [-0.3, -0.25) is 37.3 Å². The van der Waals surface area contributed by atoms with Crippen LogP contribution in [0.25, 0.3) is 0 Å². The molecule has 0 saturated carbocycles. The van der Waals surface area contributed by atoms with Crippen molar-refractivity contribution in [3.05, 3.63) is 0 Å². The van der Waals surface area contributed by atoms with Crippen molar-refractivity contribution in [3.8, 4) is 0 Å². The zero-order valence-corrected chi connectivity index (χ0v) is 67.6. The molecule has 0 fully saturated rings. The SMILES string of the molecule is CCC(C)CCCCCCCCCCC(=O)O[C@H](COC(=O)CCCCCCCCCCC(C)C)COP(=O)(O)OCC(O)COP(=O)(O)OC[C@@H](COC(=O)CCCCCCCCCCCCCCCC(C)C)OC(=O)CCCCCCCCCCCCCCCCCCCCC(C)C. The van der Waals surface area contributed by atoms with Gasteiger partial charge in [-0.1, -0.05) is 364 Å². The zero-order valence-electron chi connectivity index (χ0n) is 65.8. The van der Waals surface area contributed by atoms with E-state index in [9.17, 15) is 43.2 Å². The molecule has 0 spiro atoms. The molecule has 0 radical (unpaired) electrons. The molecule has 17 nitrogen and oxygen atoms in total. The van der Waals surface area contributed by atoms with Gasteiger partial charge in [0.2, 0.25) is 0 Å². The van der Waals surface area contributed by atoms with Gasteiger partial charge < -0.3 is 33.8 Å². The lowest BCUT2D eigenvalue weighted by molar-refractivity contribution is -0.161. The number of carbonyl (C=O) groups is 4. The van der Waals surface area contributed by atoms with Crippen LogP contribution in [0, 0.1) is 23.7 Å². The van der Waals surface area contributed by atoms with Crippen LogP contribution in [0.15, 0.2) is 0 Å². The molecule has 0 heterocycles. The van der Waals surface area contributed by atoms with Crippen molar-refractivity contribution < 1.29 is 80.2 Å². The van der Waals surface area contributed by atoms with E-state index in [4.69, 9.17) is 37.0 Å². The maximum Gasteiger partial charge on any atom is 0.472 e. The maximum absolute atomic E-state index is 13.1. The van der Waals surface area contributed by atoms with E-state index in [-0.39, 0.29) is 25.7 Å². The van der Waals surface area contributed by atoms with Crippen LogP contribution in [-0.4, -0.2) is 96.7 Å². The first kappa shape index (κ1) is 98.1. The van der Waals surface area contributed by atoms with Gasteiger partial charge in [-0.05, 0) is 49.4 Å². The van der Waals surface area contributed by atoms with E-state index < -0.39 is 97.5 Å². The molecule has 0 rings (SSSR count). The number of hydrogen-bond donors (Lipinski definition) is 3. The third-order valence-electron chi connectivity index (χ3n) is 19.2. The van der Waals surface area contributed by atoms with Crippen molar-refractivity contribution in [2.75, 3.05) is 39.6 Å². The number of hydrogen-bond acceptors (Lipinski definition) is 15. The summed E-state index contributed by atoms with van der Waals surface area (Å²) >= 11 is 0. The number of aliphatic hydroxyl groups excluding tert-OH is 1. The molecule has 19 heteroatoms. The third-order valence-corrected chi connectivity index (χ3v) is 21.1. The second-order valence-corrected chi connectivity index (χ2v) is 33.7. The predicted molar refractivity (Wildman–Crippen MR) is 409 cm³/mol. The molecule has 0 saturated heterocycles. The van der Waals surface area contributed by atoms with Crippen molar-refractivity contribution in [3.63, 3.8) is 0 Å².